The van der Waals surface area contributed by atoms with Gasteiger partial charge in [-0.05, 0) is 49.1 Å². The van der Waals surface area contributed by atoms with Gasteiger partial charge in [0, 0.05) is 10.4 Å². The Hall–Kier alpha value is -2.84. The highest BCUT2D eigenvalue weighted by atomic mass is 32.2. The van der Waals surface area contributed by atoms with Crippen molar-refractivity contribution in [2.24, 2.45) is 0 Å². The van der Waals surface area contributed by atoms with Gasteiger partial charge in [-0.3, -0.25) is 9.36 Å². The molecule has 0 aliphatic heterocycles. The number of nitrogens with zero attached hydrogens (tertiary/aromatic N) is 3. The zero-order valence-corrected chi connectivity index (χ0v) is 18.4. The second-order valence-corrected chi connectivity index (χ2v) is 8.88. The van der Waals surface area contributed by atoms with Crippen LogP contribution in [0.2, 0.25) is 0 Å². The third kappa shape index (κ3) is 4.83. The molecule has 0 fully saturated rings. The topological polar surface area (TPSA) is 73.0 Å². The van der Waals surface area contributed by atoms with Gasteiger partial charge in [0.2, 0.25) is 5.91 Å². The molecule has 1 aromatic carbocycles. The van der Waals surface area contributed by atoms with E-state index >= 15 is 0 Å². The highest BCUT2D eigenvalue weighted by molar-refractivity contribution is 7.99. The van der Waals surface area contributed by atoms with Gasteiger partial charge in [-0.1, -0.05) is 35.5 Å². The fourth-order valence-electron chi connectivity index (χ4n) is 3.04. The van der Waals surface area contributed by atoms with Gasteiger partial charge < -0.3 is 9.73 Å². The van der Waals surface area contributed by atoms with Crippen LogP contribution in [-0.2, 0) is 17.9 Å². The molecule has 0 aliphatic carbocycles. The van der Waals surface area contributed by atoms with Crippen molar-refractivity contribution in [2.45, 2.75) is 32.1 Å². The second-order valence-electron chi connectivity index (χ2n) is 6.93. The van der Waals surface area contributed by atoms with Crippen LogP contribution < -0.4 is 5.32 Å². The van der Waals surface area contributed by atoms with E-state index in [-0.39, 0.29) is 11.7 Å². The zero-order valence-electron chi connectivity index (χ0n) is 16.8. The lowest BCUT2D eigenvalue weighted by Gasteiger charge is -2.09. The van der Waals surface area contributed by atoms with Crippen molar-refractivity contribution in [3.63, 3.8) is 0 Å². The number of carbonyl (C=O) groups excluding carboxylic acids is 1. The fourth-order valence-corrected chi connectivity index (χ4v) is 4.65. The third-order valence-corrected chi connectivity index (χ3v) is 6.62. The largest absolute Gasteiger partial charge is 0.467 e. The molecule has 1 amide bonds. The van der Waals surface area contributed by atoms with E-state index in [4.69, 9.17) is 4.42 Å². The molecule has 0 bridgehead atoms. The first-order valence-electron chi connectivity index (χ1n) is 9.55. The number of nitrogens with one attached hydrogen (secondary N) is 1. The van der Waals surface area contributed by atoms with Crippen LogP contribution in [0.15, 0.2) is 63.7 Å². The summed E-state index contributed by atoms with van der Waals surface area (Å²) in [6.45, 7) is 5.15. The number of benzene rings is 1. The van der Waals surface area contributed by atoms with Gasteiger partial charge in [-0.15, -0.1) is 21.5 Å². The number of aromatic nitrogens is 3. The number of thiophene rings is 1. The molecule has 0 aliphatic rings. The lowest BCUT2D eigenvalue weighted by atomic mass is 10.1. The molecule has 0 saturated heterocycles. The molecule has 30 heavy (non-hydrogen) atoms. The predicted molar refractivity (Wildman–Crippen MR) is 120 cm³/mol. The van der Waals surface area contributed by atoms with Crippen LogP contribution in [-0.4, -0.2) is 26.4 Å². The van der Waals surface area contributed by atoms with Crippen LogP contribution in [0.1, 0.15) is 21.8 Å². The van der Waals surface area contributed by atoms with E-state index in [0.717, 1.165) is 22.7 Å². The summed E-state index contributed by atoms with van der Waals surface area (Å²) in [4.78, 5) is 13.5. The summed E-state index contributed by atoms with van der Waals surface area (Å²) in [5.74, 6) is 1.81. The van der Waals surface area contributed by atoms with Gasteiger partial charge in [0.25, 0.3) is 0 Å². The van der Waals surface area contributed by atoms with Crippen molar-refractivity contribution in [1.82, 2.24) is 20.1 Å². The molecule has 4 rings (SSSR count). The van der Waals surface area contributed by atoms with Gasteiger partial charge in [0.15, 0.2) is 11.0 Å². The molecule has 0 saturated carbocycles. The maximum atomic E-state index is 12.4. The fraction of sp³-hybridized carbons (Fsp3) is 0.227. The number of furan rings is 1. The quantitative estimate of drug-likeness (QED) is 0.405. The summed E-state index contributed by atoms with van der Waals surface area (Å²) >= 11 is 3.03. The number of amides is 1. The van der Waals surface area contributed by atoms with Gasteiger partial charge in [0.05, 0.1) is 25.1 Å². The van der Waals surface area contributed by atoms with E-state index in [0.29, 0.717) is 18.2 Å². The summed E-state index contributed by atoms with van der Waals surface area (Å²) < 4.78 is 7.52. The first-order chi connectivity index (χ1) is 14.6. The van der Waals surface area contributed by atoms with Gasteiger partial charge in [-0.2, -0.15) is 0 Å². The van der Waals surface area contributed by atoms with E-state index in [1.54, 1.807) is 17.6 Å². The molecule has 6 nitrogen and oxygen atoms in total. The number of hydrogen-bond acceptors (Lipinski definition) is 6. The van der Waals surface area contributed by atoms with Crippen LogP contribution in [0.5, 0.6) is 0 Å². The van der Waals surface area contributed by atoms with Crippen LogP contribution in [0.4, 0.5) is 0 Å². The molecule has 154 valence electrons. The Labute approximate surface area is 183 Å². The second kappa shape index (κ2) is 9.32. The molecular formula is C22H22N4O2S2. The summed E-state index contributed by atoms with van der Waals surface area (Å²) in [5, 5.41) is 14.5. The highest BCUT2D eigenvalue weighted by Gasteiger charge is 2.17. The van der Waals surface area contributed by atoms with Crippen molar-refractivity contribution in [2.75, 3.05) is 5.75 Å². The molecule has 8 heteroatoms. The highest BCUT2D eigenvalue weighted by Crippen LogP contribution is 2.26. The molecule has 1 N–H and O–H groups in total. The molecule has 3 heterocycles. The van der Waals surface area contributed by atoms with Crippen molar-refractivity contribution in [3.05, 3.63) is 75.9 Å². The Morgan fingerprint density at radius 3 is 2.83 bits per heavy atom. The Morgan fingerprint density at radius 2 is 2.10 bits per heavy atom. The van der Waals surface area contributed by atoms with E-state index in [1.807, 2.05) is 47.2 Å². The van der Waals surface area contributed by atoms with Gasteiger partial charge in [0.1, 0.15) is 5.76 Å². The summed E-state index contributed by atoms with van der Waals surface area (Å²) in [7, 11) is 0. The maximum absolute atomic E-state index is 12.4. The minimum Gasteiger partial charge on any atom is -0.467 e. The average molecular weight is 439 g/mol. The average Bonchev–Trinajstić information content (AvgIpc) is 3.47. The minimum absolute atomic E-state index is 0.0301. The van der Waals surface area contributed by atoms with Crippen LogP contribution in [0, 0.1) is 13.8 Å². The Kier molecular flexibility index (Phi) is 6.35. The summed E-state index contributed by atoms with van der Waals surface area (Å²) in [5.41, 5.74) is 3.34. The first-order valence-corrected chi connectivity index (χ1v) is 11.4. The molecule has 4 aromatic rings. The van der Waals surface area contributed by atoms with Gasteiger partial charge in [-0.25, -0.2) is 0 Å². The lowest BCUT2D eigenvalue weighted by Crippen LogP contribution is -2.24. The number of hydrogen-bond donors (Lipinski definition) is 1. The Morgan fingerprint density at radius 1 is 1.20 bits per heavy atom. The zero-order chi connectivity index (χ0) is 20.9. The molecule has 3 aromatic heterocycles. The van der Waals surface area contributed by atoms with E-state index in [9.17, 15) is 4.79 Å². The normalized spacial score (nSPS) is 11.0. The maximum Gasteiger partial charge on any atom is 0.230 e. The smallest absolute Gasteiger partial charge is 0.230 e. The van der Waals surface area contributed by atoms with Crippen LogP contribution >= 0.6 is 23.1 Å². The predicted octanol–water partition coefficient (Wildman–Crippen LogP) is 4.67. The third-order valence-electron chi connectivity index (χ3n) is 4.63. The number of aryl methyl sites for hydroxylation is 2. The van der Waals surface area contributed by atoms with Crippen molar-refractivity contribution in [1.29, 1.82) is 0 Å². The molecule has 0 atom stereocenters. The number of thioether (sulfide) groups is 1. The van der Waals surface area contributed by atoms with Gasteiger partial charge >= 0.3 is 0 Å². The van der Waals surface area contributed by atoms with Crippen molar-refractivity contribution in [3.8, 4) is 11.4 Å². The Bertz CT molecular complexity index is 1130. The number of rotatable bonds is 8. The SMILES string of the molecule is Cc1cccc(-c2nnc(SCC(=O)NCc3sccc3C)n2Cc2ccco2)c1. The minimum atomic E-state index is -0.0301. The summed E-state index contributed by atoms with van der Waals surface area (Å²) in [6, 6.07) is 14.0. The molecule has 0 spiro atoms. The van der Waals surface area contributed by atoms with Crippen molar-refractivity contribution < 1.29 is 9.21 Å². The van der Waals surface area contributed by atoms with Crippen LogP contribution in [0.3, 0.4) is 0 Å². The van der Waals surface area contributed by atoms with Crippen LogP contribution in [0.25, 0.3) is 11.4 Å². The first kappa shape index (κ1) is 20.4. The summed E-state index contributed by atoms with van der Waals surface area (Å²) in [6.07, 6.45) is 1.65. The van der Waals surface area contributed by atoms with E-state index < -0.39 is 0 Å². The standard InChI is InChI=1S/C22H22N4O2S2/c1-15-5-3-6-17(11-15)21-24-25-22(26(21)13-18-7-4-9-28-18)30-14-20(27)23-12-19-16(2)8-10-29-19/h3-11H,12-14H2,1-2H3,(H,23,27). The molecular weight excluding hydrogens is 416 g/mol. The number of carbonyl (C=O) groups is 1. The van der Waals surface area contributed by atoms with E-state index in [2.05, 4.69) is 34.6 Å². The van der Waals surface area contributed by atoms with E-state index in [1.165, 1.54) is 22.2 Å². The molecule has 0 radical (unpaired) electrons. The molecule has 0 unspecified atom stereocenters. The van der Waals surface area contributed by atoms with Crippen molar-refractivity contribution >= 4 is 29.0 Å². The lowest BCUT2D eigenvalue weighted by molar-refractivity contribution is -0.118. The Balaban J connectivity index is 1.49. The monoisotopic (exact) mass is 438 g/mol.